The Bertz CT molecular complexity index is 755. The van der Waals surface area contributed by atoms with Gasteiger partial charge in [0.25, 0.3) is 0 Å². The Balaban J connectivity index is 3.04. The lowest BCUT2D eigenvalue weighted by Gasteiger charge is -2.12. The Kier molecular flexibility index (Phi) is 3.61. The van der Waals surface area contributed by atoms with Crippen molar-refractivity contribution >= 4 is 17.3 Å². The monoisotopic (exact) mass is 274 g/mol. The zero-order valence-electron chi connectivity index (χ0n) is 11.2. The highest BCUT2D eigenvalue weighted by molar-refractivity contribution is 6.01. The van der Waals surface area contributed by atoms with Crippen LogP contribution in [-0.4, -0.2) is 18.5 Å². The standard InChI is InChI=1S/C15H14O5/c1-4-5-9-8(2)13-12(19-3)6-11(17)10(7-16)14(13)20-15(9)18/h4,6-7,17H,1,5H2,2-3H3. The van der Waals surface area contributed by atoms with Crippen molar-refractivity contribution in [3.05, 3.63) is 45.8 Å². The maximum absolute atomic E-state index is 12.0. The average molecular weight is 274 g/mol. The maximum atomic E-state index is 12.0. The fourth-order valence-electron chi connectivity index (χ4n) is 2.21. The Morgan fingerprint density at radius 2 is 2.20 bits per heavy atom. The van der Waals surface area contributed by atoms with Gasteiger partial charge in [-0.1, -0.05) is 6.08 Å². The molecule has 2 aromatic rings. The van der Waals surface area contributed by atoms with E-state index in [0.717, 1.165) is 0 Å². The summed E-state index contributed by atoms with van der Waals surface area (Å²) in [4.78, 5) is 23.1. The molecule has 1 aromatic heterocycles. The fourth-order valence-corrected chi connectivity index (χ4v) is 2.21. The molecule has 1 aromatic carbocycles. The largest absolute Gasteiger partial charge is 0.507 e. The number of hydrogen-bond acceptors (Lipinski definition) is 5. The summed E-state index contributed by atoms with van der Waals surface area (Å²) in [6.45, 7) is 5.34. The van der Waals surface area contributed by atoms with E-state index in [2.05, 4.69) is 6.58 Å². The first-order valence-electron chi connectivity index (χ1n) is 5.97. The van der Waals surface area contributed by atoms with Crippen LogP contribution in [0.1, 0.15) is 21.5 Å². The summed E-state index contributed by atoms with van der Waals surface area (Å²) in [6.07, 6.45) is 2.40. The summed E-state index contributed by atoms with van der Waals surface area (Å²) < 4.78 is 10.4. The first-order chi connectivity index (χ1) is 9.54. The lowest BCUT2D eigenvalue weighted by Crippen LogP contribution is -2.10. The van der Waals surface area contributed by atoms with Crippen molar-refractivity contribution in [2.24, 2.45) is 0 Å². The van der Waals surface area contributed by atoms with Crippen LogP contribution in [0.4, 0.5) is 0 Å². The Hall–Kier alpha value is -2.56. The number of aromatic hydroxyl groups is 1. The van der Waals surface area contributed by atoms with Crippen molar-refractivity contribution in [1.29, 1.82) is 0 Å². The third-order valence-corrected chi connectivity index (χ3v) is 3.22. The van der Waals surface area contributed by atoms with E-state index in [1.807, 2.05) is 0 Å². The number of rotatable bonds is 4. The summed E-state index contributed by atoms with van der Waals surface area (Å²) in [5.41, 5.74) is 0.522. The summed E-state index contributed by atoms with van der Waals surface area (Å²) in [7, 11) is 1.44. The molecule has 0 saturated carbocycles. The molecule has 5 heteroatoms. The van der Waals surface area contributed by atoms with E-state index in [9.17, 15) is 14.7 Å². The molecule has 2 rings (SSSR count). The van der Waals surface area contributed by atoms with Crippen LogP contribution in [0.2, 0.25) is 0 Å². The number of benzene rings is 1. The number of methoxy groups -OCH3 is 1. The molecule has 0 radical (unpaired) electrons. The van der Waals surface area contributed by atoms with Crippen LogP contribution in [0.5, 0.6) is 11.5 Å². The number of phenolic OH excluding ortho intramolecular Hbond substituents is 1. The molecule has 0 atom stereocenters. The number of aryl methyl sites for hydroxylation is 1. The summed E-state index contributed by atoms with van der Waals surface area (Å²) in [6, 6.07) is 1.33. The maximum Gasteiger partial charge on any atom is 0.340 e. The molecule has 0 bridgehead atoms. The van der Waals surface area contributed by atoms with E-state index in [0.29, 0.717) is 35.0 Å². The van der Waals surface area contributed by atoms with Crippen LogP contribution >= 0.6 is 0 Å². The Morgan fingerprint density at radius 3 is 2.75 bits per heavy atom. The van der Waals surface area contributed by atoms with Gasteiger partial charge in [-0.05, 0) is 18.9 Å². The highest BCUT2D eigenvalue weighted by atomic mass is 16.5. The van der Waals surface area contributed by atoms with Gasteiger partial charge in [0.2, 0.25) is 0 Å². The predicted octanol–water partition coefficient (Wildman–Crippen LogP) is 2.36. The van der Waals surface area contributed by atoms with Crippen LogP contribution in [0.3, 0.4) is 0 Å². The number of phenols is 1. The fraction of sp³-hybridized carbons (Fsp3) is 0.200. The van der Waals surface area contributed by atoms with Crippen molar-refractivity contribution in [1.82, 2.24) is 0 Å². The molecule has 0 amide bonds. The van der Waals surface area contributed by atoms with Gasteiger partial charge >= 0.3 is 5.63 Å². The lowest BCUT2D eigenvalue weighted by molar-refractivity contribution is 0.112. The minimum absolute atomic E-state index is 0.0344. The topological polar surface area (TPSA) is 76.7 Å². The van der Waals surface area contributed by atoms with Crippen molar-refractivity contribution < 1.29 is 19.1 Å². The number of carbonyl (C=O) groups is 1. The highest BCUT2D eigenvalue weighted by Gasteiger charge is 2.19. The predicted molar refractivity (Wildman–Crippen MR) is 74.7 cm³/mol. The van der Waals surface area contributed by atoms with Gasteiger partial charge in [-0.3, -0.25) is 4.79 Å². The molecule has 104 valence electrons. The highest BCUT2D eigenvalue weighted by Crippen LogP contribution is 2.36. The number of allylic oxidation sites excluding steroid dienone is 1. The smallest absolute Gasteiger partial charge is 0.340 e. The van der Waals surface area contributed by atoms with Gasteiger partial charge < -0.3 is 14.3 Å². The lowest BCUT2D eigenvalue weighted by atomic mass is 10.0. The number of ether oxygens (including phenoxy) is 1. The zero-order valence-corrected chi connectivity index (χ0v) is 11.2. The van der Waals surface area contributed by atoms with Crippen molar-refractivity contribution in [2.45, 2.75) is 13.3 Å². The van der Waals surface area contributed by atoms with Crippen LogP contribution in [0, 0.1) is 6.92 Å². The molecule has 0 aliphatic heterocycles. The number of hydrogen-bond donors (Lipinski definition) is 1. The van der Waals surface area contributed by atoms with Gasteiger partial charge in [-0.15, -0.1) is 6.58 Å². The van der Waals surface area contributed by atoms with Crippen LogP contribution in [0.25, 0.3) is 11.0 Å². The summed E-state index contributed by atoms with van der Waals surface area (Å²) in [5, 5.41) is 10.3. The molecule has 0 unspecified atom stereocenters. The van der Waals surface area contributed by atoms with Gasteiger partial charge in [0.15, 0.2) is 11.9 Å². The second-order valence-electron chi connectivity index (χ2n) is 4.32. The van der Waals surface area contributed by atoms with Crippen LogP contribution in [0.15, 0.2) is 27.9 Å². The van der Waals surface area contributed by atoms with E-state index < -0.39 is 5.63 Å². The van der Waals surface area contributed by atoms with Gasteiger partial charge in [-0.25, -0.2) is 4.79 Å². The van der Waals surface area contributed by atoms with E-state index in [1.165, 1.54) is 13.2 Å². The molecule has 0 spiro atoms. The minimum Gasteiger partial charge on any atom is -0.507 e. The molecule has 0 saturated heterocycles. The molecule has 20 heavy (non-hydrogen) atoms. The van der Waals surface area contributed by atoms with Crippen molar-refractivity contribution in [3.63, 3.8) is 0 Å². The molecule has 1 N–H and O–H groups in total. The third kappa shape index (κ3) is 1.97. The molecule has 1 heterocycles. The zero-order chi connectivity index (χ0) is 14.9. The van der Waals surface area contributed by atoms with E-state index >= 15 is 0 Å². The van der Waals surface area contributed by atoms with Crippen LogP contribution in [-0.2, 0) is 6.42 Å². The molecule has 0 aliphatic rings. The van der Waals surface area contributed by atoms with Gasteiger partial charge in [-0.2, -0.15) is 0 Å². The molecular formula is C15H14O5. The minimum atomic E-state index is -0.550. The quantitative estimate of drug-likeness (QED) is 0.526. The van der Waals surface area contributed by atoms with Gasteiger partial charge in [0.05, 0.1) is 18.1 Å². The SMILES string of the molecule is C=CCc1c(C)c2c(OC)cc(O)c(C=O)c2oc1=O. The van der Waals surface area contributed by atoms with Gasteiger partial charge in [0, 0.05) is 11.6 Å². The molecule has 0 aliphatic carbocycles. The molecule has 0 fully saturated rings. The second kappa shape index (κ2) is 5.21. The third-order valence-electron chi connectivity index (χ3n) is 3.22. The van der Waals surface area contributed by atoms with Crippen molar-refractivity contribution in [2.75, 3.05) is 7.11 Å². The average Bonchev–Trinajstić information content (AvgIpc) is 2.42. The summed E-state index contributed by atoms with van der Waals surface area (Å²) >= 11 is 0. The second-order valence-corrected chi connectivity index (χ2v) is 4.32. The van der Waals surface area contributed by atoms with Crippen LogP contribution < -0.4 is 10.4 Å². The van der Waals surface area contributed by atoms with Crippen molar-refractivity contribution in [3.8, 4) is 11.5 Å². The normalized spacial score (nSPS) is 10.5. The number of carbonyl (C=O) groups excluding carboxylic acids is 1. The summed E-state index contributed by atoms with van der Waals surface area (Å²) in [5.74, 6) is 0.0537. The molecule has 5 nitrogen and oxygen atoms in total. The Morgan fingerprint density at radius 1 is 1.50 bits per heavy atom. The first kappa shape index (κ1) is 13.9. The van der Waals surface area contributed by atoms with E-state index in [1.54, 1.807) is 13.0 Å². The first-order valence-corrected chi connectivity index (χ1v) is 5.97. The Labute approximate surface area is 115 Å². The van der Waals surface area contributed by atoms with E-state index in [-0.39, 0.29) is 16.9 Å². The van der Waals surface area contributed by atoms with Gasteiger partial charge in [0.1, 0.15) is 11.5 Å². The number of fused-ring (bicyclic) bond motifs is 1. The molecular weight excluding hydrogens is 260 g/mol. The van der Waals surface area contributed by atoms with E-state index in [4.69, 9.17) is 9.15 Å². The number of aldehydes is 1.